The van der Waals surface area contributed by atoms with Gasteiger partial charge in [-0.3, -0.25) is 0 Å². The van der Waals surface area contributed by atoms with Gasteiger partial charge in [-0.2, -0.15) is 0 Å². The second-order valence-electron chi connectivity index (χ2n) is 9.82. The van der Waals surface area contributed by atoms with E-state index in [9.17, 15) is 0 Å². The number of fused-ring (bicyclic) bond motifs is 6. The van der Waals surface area contributed by atoms with Crippen LogP contribution < -0.4 is 0 Å². The Hall–Kier alpha value is -4.88. The lowest BCUT2D eigenvalue weighted by molar-refractivity contribution is 1.37. The van der Waals surface area contributed by atoms with Gasteiger partial charge in [-0.25, -0.2) is 0 Å². The van der Waals surface area contributed by atoms with Gasteiger partial charge in [0.05, 0.1) is 16.6 Å². The van der Waals surface area contributed by atoms with Crippen molar-refractivity contribution in [3.63, 3.8) is 0 Å². The van der Waals surface area contributed by atoms with Crippen LogP contribution in [0.15, 0.2) is 140 Å². The second kappa shape index (κ2) is 7.81. The van der Waals surface area contributed by atoms with Crippen LogP contribution in [0.2, 0.25) is 0 Å². The molecule has 8 aromatic rings. The van der Waals surface area contributed by atoms with Crippen LogP contribution in [0.3, 0.4) is 0 Å². The molecule has 0 atom stereocenters. The third-order valence-corrected chi connectivity index (χ3v) is 7.70. The van der Waals surface area contributed by atoms with Crippen LogP contribution in [-0.4, -0.2) is 4.40 Å². The molecular weight excluding hydrogens is 446 g/mol. The molecule has 0 spiro atoms. The maximum atomic E-state index is 2.44. The van der Waals surface area contributed by atoms with Crippen molar-refractivity contribution in [3.05, 3.63) is 140 Å². The van der Waals surface area contributed by atoms with Crippen LogP contribution in [0, 0.1) is 0 Å². The Labute approximate surface area is 215 Å². The standard InChI is InChI=1S/C36H23N/c1-3-10-24(11-4-1)27-20-28(25-12-5-2-6-13-25)22-29(21-27)26-18-19-35-33(23-26)32-16-9-15-31-30-14-7-8-17-34(30)37(35)36(31)32/h1-23H. The molecule has 0 bridgehead atoms. The molecule has 0 saturated carbocycles. The van der Waals surface area contributed by atoms with E-state index in [4.69, 9.17) is 0 Å². The van der Waals surface area contributed by atoms with Gasteiger partial charge >= 0.3 is 0 Å². The zero-order chi connectivity index (χ0) is 24.3. The van der Waals surface area contributed by atoms with E-state index in [1.54, 1.807) is 0 Å². The average molecular weight is 470 g/mol. The van der Waals surface area contributed by atoms with Gasteiger partial charge in [0.25, 0.3) is 0 Å². The summed E-state index contributed by atoms with van der Waals surface area (Å²) in [5.41, 5.74) is 11.3. The van der Waals surface area contributed by atoms with Crippen molar-refractivity contribution >= 4 is 38.1 Å². The van der Waals surface area contributed by atoms with Crippen LogP contribution in [0.25, 0.3) is 71.5 Å². The predicted octanol–water partition coefficient (Wildman–Crippen LogP) is 9.84. The smallest absolute Gasteiger partial charge is 0.0620 e. The largest absolute Gasteiger partial charge is 0.308 e. The van der Waals surface area contributed by atoms with E-state index in [2.05, 4.69) is 144 Å². The van der Waals surface area contributed by atoms with Crippen molar-refractivity contribution in [2.24, 2.45) is 0 Å². The number of hydrogen-bond donors (Lipinski definition) is 0. The molecule has 0 aliphatic heterocycles. The molecule has 0 amide bonds. The summed E-state index contributed by atoms with van der Waals surface area (Å²) in [6, 6.07) is 50.7. The molecule has 2 aromatic heterocycles. The van der Waals surface area contributed by atoms with E-state index in [0.717, 1.165) is 0 Å². The monoisotopic (exact) mass is 469 g/mol. The number of aromatic nitrogens is 1. The minimum Gasteiger partial charge on any atom is -0.308 e. The third kappa shape index (κ3) is 3.04. The summed E-state index contributed by atoms with van der Waals surface area (Å²) in [5, 5.41) is 5.25. The summed E-state index contributed by atoms with van der Waals surface area (Å²) in [4.78, 5) is 0. The van der Waals surface area contributed by atoms with Crippen molar-refractivity contribution in [2.75, 3.05) is 0 Å². The number of benzene rings is 6. The Balaban J connectivity index is 1.40. The maximum Gasteiger partial charge on any atom is 0.0620 e. The first-order valence-electron chi connectivity index (χ1n) is 12.8. The summed E-state index contributed by atoms with van der Waals surface area (Å²) in [5.74, 6) is 0. The molecule has 1 nitrogen and oxygen atoms in total. The molecule has 1 heteroatoms. The average Bonchev–Trinajstić information content (AvgIpc) is 3.50. The molecular formula is C36H23N. The number of rotatable bonds is 3. The van der Waals surface area contributed by atoms with E-state index in [1.165, 1.54) is 71.5 Å². The SMILES string of the molecule is c1ccc(-c2cc(-c3ccccc3)cc(-c3ccc4c(c3)c3cccc5c6ccccc6n4c53)c2)cc1. The molecule has 0 aliphatic carbocycles. The molecule has 0 N–H and O–H groups in total. The highest BCUT2D eigenvalue weighted by Crippen LogP contribution is 2.41. The van der Waals surface area contributed by atoms with Gasteiger partial charge in [0, 0.05) is 21.5 Å². The topological polar surface area (TPSA) is 4.41 Å². The van der Waals surface area contributed by atoms with Crippen LogP contribution >= 0.6 is 0 Å². The Bertz CT molecular complexity index is 2010. The lowest BCUT2D eigenvalue weighted by Crippen LogP contribution is -1.86. The Morgan fingerprint density at radius 3 is 1.49 bits per heavy atom. The summed E-state index contributed by atoms with van der Waals surface area (Å²) in [7, 11) is 0. The van der Waals surface area contributed by atoms with Gasteiger partial charge < -0.3 is 4.40 Å². The van der Waals surface area contributed by atoms with E-state index in [-0.39, 0.29) is 0 Å². The van der Waals surface area contributed by atoms with Crippen molar-refractivity contribution in [2.45, 2.75) is 0 Å². The van der Waals surface area contributed by atoms with Crippen molar-refractivity contribution < 1.29 is 0 Å². The summed E-state index contributed by atoms with van der Waals surface area (Å²) >= 11 is 0. The fourth-order valence-electron chi connectivity index (χ4n) is 6.00. The van der Waals surface area contributed by atoms with E-state index in [1.807, 2.05) is 0 Å². The van der Waals surface area contributed by atoms with E-state index in [0.29, 0.717) is 0 Å². The number of nitrogens with zero attached hydrogens (tertiary/aromatic N) is 1. The first-order valence-corrected chi connectivity index (χ1v) is 12.8. The molecule has 0 saturated heterocycles. The van der Waals surface area contributed by atoms with E-state index < -0.39 is 0 Å². The zero-order valence-electron chi connectivity index (χ0n) is 20.2. The quantitative estimate of drug-likeness (QED) is 0.242. The van der Waals surface area contributed by atoms with Crippen LogP contribution in [0.4, 0.5) is 0 Å². The van der Waals surface area contributed by atoms with Crippen molar-refractivity contribution in [3.8, 4) is 33.4 Å². The van der Waals surface area contributed by atoms with Gasteiger partial charge in [0.2, 0.25) is 0 Å². The van der Waals surface area contributed by atoms with E-state index >= 15 is 0 Å². The number of para-hydroxylation sites is 2. The molecule has 172 valence electrons. The van der Waals surface area contributed by atoms with Crippen molar-refractivity contribution in [1.29, 1.82) is 0 Å². The highest BCUT2D eigenvalue weighted by molar-refractivity contribution is 6.23. The Kier molecular flexibility index (Phi) is 4.29. The third-order valence-electron chi connectivity index (χ3n) is 7.70. The lowest BCUT2D eigenvalue weighted by Gasteiger charge is -2.12. The molecule has 2 heterocycles. The van der Waals surface area contributed by atoms with Gasteiger partial charge in [0.1, 0.15) is 0 Å². The fraction of sp³-hybridized carbons (Fsp3) is 0. The Morgan fingerprint density at radius 1 is 0.297 bits per heavy atom. The molecule has 37 heavy (non-hydrogen) atoms. The second-order valence-corrected chi connectivity index (χ2v) is 9.82. The van der Waals surface area contributed by atoms with Gasteiger partial charge in [-0.05, 0) is 69.8 Å². The van der Waals surface area contributed by atoms with Crippen LogP contribution in [-0.2, 0) is 0 Å². The Morgan fingerprint density at radius 2 is 0.811 bits per heavy atom. The van der Waals surface area contributed by atoms with Crippen LogP contribution in [0.5, 0.6) is 0 Å². The first-order chi connectivity index (χ1) is 18.3. The van der Waals surface area contributed by atoms with Gasteiger partial charge in [-0.15, -0.1) is 0 Å². The minimum absolute atomic E-state index is 1.23. The molecule has 0 radical (unpaired) electrons. The molecule has 0 aliphatic rings. The summed E-state index contributed by atoms with van der Waals surface area (Å²) in [6.07, 6.45) is 0. The van der Waals surface area contributed by atoms with Crippen LogP contribution in [0.1, 0.15) is 0 Å². The minimum atomic E-state index is 1.23. The summed E-state index contributed by atoms with van der Waals surface area (Å²) < 4.78 is 2.44. The van der Waals surface area contributed by atoms with Gasteiger partial charge in [0.15, 0.2) is 0 Å². The summed E-state index contributed by atoms with van der Waals surface area (Å²) in [6.45, 7) is 0. The molecule has 8 rings (SSSR count). The predicted molar refractivity (Wildman–Crippen MR) is 157 cm³/mol. The fourth-order valence-corrected chi connectivity index (χ4v) is 6.00. The normalized spacial score (nSPS) is 11.8. The maximum absolute atomic E-state index is 2.44. The highest BCUT2D eigenvalue weighted by Gasteiger charge is 2.17. The molecule has 0 fully saturated rings. The first kappa shape index (κ1) is 20.3. The number of hydrogen-bond acceptors (Lipinski definition) is 0. The molecule has 6 aromatic carbocycles. The van der Waals surface area contributed by atoms with Gasteiger partial charge in [-0.1, -0.05) is 103 Å². The zero-order valence-corrected chi connectivity index (χ0v) is 20.2. The lowest BCUT2D eigenvalue weighted by atomic mass is 9.93. The highest BCUT2D eigenvalue weighted by atomic mass is 14.9. The molecule has 0 unspecified atom stereocenters. The van der Waals surface area contributed by atoms with Crippen molar-refractivity contribution in [1.82, 2.24) is 4.40 Å².